The van der Waals surface area contributed by atoms with Gasteiger partial charge in [0.25, 0.3) is 0 Å². The lowest BCUT2D eigenvalue weighted by Crippen LogP contribution is -2.49. The number of hydrogen-bond acceptors (Lipinski definition) is 9. The fourth-order valence-corrected chi connectivity index (χ4v) is 6.46. The van der Waals surface area contributed by atoms with Crippen LogP contribution in [0.3, 0.4) is 0 Å². The summed E-state index contributed by atoms with van der Waals surface area (Å²) in [6.45, 7) is 10.4. The average Bonchev–Trinajstić information content (AvgIpc) is 3.43. The summed E-state index contributed by atoms with van der Waals surface area (Å²) >= 11 is 0. The van der Waals surface area contributed by atoms with Gasteiger partial charge in [0.1, 0.15) is 22.9 Å². The number of aryl methyl sites for hydroxylation is 1. The lowest BCUT2D eigenvalue weighted by Gasteiger charge is -2.36. The minimum Gasteiger partial charge on any atom is -0.368 e. The van der Waals surface area contributed by atoms with Crippen molar-refractivity contribution in [3.05, 3.63) is 83.9 Å². The van der Waals surface area contributed by atoms with Crippen molar-refractivity contribution < 1.29 is 18.4 Å². The second-order valence-electron chi connectivity index (χ2n) is 12.5. The Morgan fingerprint density at radius 1 is 0.878 bits per heavy atom. The van der Waals surface area contributed by atoms with Crippen LogP contribution in [0.4, 0.5) is 36.7 Å². The van der Waals surface area contributed by atoms with E-state index in [2.05, 4.69) is 40.4 Å². The molecule has 2 fully saturated rings. The van der Waals surface area contributed by atoms with E-state index in [0.717, 1.165) is 55.9 Å². The Labute approximate surface area is 281 Å². The maximum atomic E-state index is 15.1. The van der Waals surface area contributed by atoms with Crippen LogP contribution in [0, 0.1) is 18.6 Å². The molecule has 252 valence electrons. The summed E-state index contributed by atoms with van der Waals surface area (Å²) in [6, 6.07) is 14.3. The molecular formula is C35H36F2N10O2. The molecule has 0 radical (unpaired) electrons. The normalized spacial score (nSPS) is 15.7. The SMILES string of the molecule is Cc1nc2c(F)cc(-c3nc(Nc4ccc(N5CCN(Cc6ccc(N7CCC(=O)NC7=O)cc6)CC5)cn4)ncc3F)cc2n1C(C)C. The third kappa shape index (κ3) is 6.64. The molecule has 2 N–H and O–H groups in total. The number of benzene rings is 2. The van der Waals surface area contributed by atoms with Gasteiger partial charge in [0.2, 0.25) is 11.9 Å². The second-order valence-corrected chi connectivity index (χ2v) is 12.5. The molecule has 0 atom stereocenters. The van der Waals surface area contributed by atoms with E-state index in [1.165, 1.54) is 6.07 Å². The highest BCUT2D eigenvalue weighted by Gasteiger charge is 2.25. The molecule has 0 aliphatic carbocycles. The van der Waals surface area contributed by atoms with Gasteiger partial charge in [-0.15, -0.1) is 0 Å². The smallest absolute Gasteiger partial charge is 0.328 e. The number of nitrogens with one attached hydrogen (secondary N) is 2. The van der Waals surface area contributed by atoms with Crippen molar-refractivity contribution in [2.45, 2.75) is 39.8 Å². The number of imide groups is 1. The summed E-state index contributed by atoms with van der Waals surface area (Å²) in [5.41, 5.74) is 3.99. The van der Waals surface area contributed by atoms with Crippen LogP contribution in [0.5, 0.6) is 0 Å². The van der Waals surface area contributed by atoms with Gasteiger partial charge in [-0.3, -0.25) is 19.9 Å². The predicted molar refractivity (Wildman–Crippen MR) is 183 cm³/mol. The number of carbonyl (C=O) groups excluding carboxylic acids is 2. The first-order chi connectivity index (χ1) is 23.6. The summed E-state index contributed by atoms with van der Waals surface area (Å²) in [5.74, 6) is -0.142. The molecule has 0 saturated carbocycles. The quantitative estimate of drug-likeness (QED) is 0.219. The van der Waals surface area contributed by atoms with Gasteiger partial charge in [-0.25, -0.2) is 33.5 Å². The highest BCUT2D eigenvalue weighted by molar-refractivity contribution is 6.05. The molecule has 0 spiro atoms. The van der Waals surface area contributed by atoms with Crippen molar-refractivity contribution in [2.75, 3.05) is 47.8 Å². The minimum atomic E-state index is -0.665. The molecule has 2 saturated heterocycles. The lowest BCUT2D eigenvalue weighted by atomic mass is 10.1. The lowest BCUT2D eigenvalue weighted by molar-refractivity contribution is -0.120. The maximum Gasteiger partial charge on any atom is 0.328 e. The zero-order valence-corrected chi connectivity index (χ0v) is 27.5. The van der Waals surface area contributed by atoms with Gasteiger partial charge in [-0.2, -0.15) is 0 Å². The van der Waals surface area contributed by atoms with Gasteiger partial charge in [0, 0.05) is 63.0 Å². The summed E-state index contributed by atoms with van der Waals surface area (Å²) in [7, 11) is 0. The first kappa shape index (κ1) is 32.1. The molecular weight excluding hydrogens is 630 g/mol. The first-order valence-corrected chi connectivity index (χ1v) is 16.2. The molecule has 14 heteroatoms. The van der Waals surface area contributed by atoms with Crippen molar-refractivity contribution in [2.24, 2.45) is 0 Å². The van der Waals surface area contributed by atoms with Crippen molar-refractivity contribution >= 4 is 46.1 Å². The van der Waals surface area contributed by atoms with E-state index in [0.29, 0.717) is 35.7 Å². The van der Waals surface area contributed by atoms with Crippen LogP contribution in [-0.4, -0.2) is 74.1 Å². The molecule has 2 aliphatic heterocycles. The number of aromatic nitrogens is 5. The van der Waals surface area contributed by atoms with Crippen LogP contribution < -0.4 is 20.4 Å². The number of fused-ring (bicyclic) bond motifs is 1. The van der Waals surface area contributed by atoms with Crippen LogP contribution in [-0.2, 0) is 11.3 Å². The Morgan fingerprint density at radius 2 is 1.63 bits per heavy atom. The highest BCUT2D eigenvalue weighted by Crippen LogP contribution is 2.31. The number of piperazine rings is 1. The number of imidazole rings is 1. The molecule has 12 nitrogen and oxygen atoms in total. The summed E-state index contributed by atoms with van der Waals surface area (Å²) in [5, 5.41) is 5.40. The largest absolute Gasteiger partial charge is 0.368 e. The van der Waals surface area contributed by atoms with Crippen molar-refractivity contribution in [3.8, 4) is 11.3 Å². The fraction of sp³-hybridized carbons (Fsp3) is 0.314. The van der Waals surface area contributed by atoms with Crippen LogP contribution in [0.25, 0.3) is 22.3 Å². The number of pyridine rings is 1. The number of amides is 3. The summed E-state index contributed by atoms with van der Waals surface area (Å²) < 4.78 is 32.0. The monoisotopic (exact) mass is 666 g/mol. The number of anilines is 4. The molecule has 5 heterocycles. The van der Waals surface area contributed by atoms with E-state index in [1.807, 2.05) is 61.7 Å². The van der Waals surface area contributed by atoms with Crippen molar-refractivity contribution in [1.29, 1.82) is 0 Å². The number of hydrogen-bond donors (Lipinski definition) is 2. The van der Waals surface area contributed by atoms with Crippen molar-refractivity contribution in [1.82, 2.24) is 34.7 Å². The molecule has 49 heavy (non-hydrogen) atoms. The minimum absolute atomic E-state index is 0.0232. The van der Waals surface area contributed by atoms with E-state index >= 15 is 4.39 Å². The number of nitrogens with zero attached hydrogens (tertiary/aromatic N) is 8. The predicted octanol–water partition coefficient (Wildman–Crippen LogP) is 5.57. The van der Waals surface area contributed by atoms with Gasteiger partial charge >= 0.3 is 6.03 Å². The van der Waals surface area contributed by atoms with Gasteiger partial charge in [-0.05, 0) is 62.7 Å². The molecule has 5 aromatic rings. The van der Waals surface area contributed by atoms with Crippen LogP contribution in [0.1, 0.15) is 37.7 Å². The number of halogens is 2. The number of carbonyl (C=O) groups is 2. The zero-order valence-electron chi connectivity index (χ0n) is 27.5. The molecule has 3 amide bonds. The molecule has 7 rings (SSSR count). The van der Waals surface area contributed by atoms with Crippen LogP contribution in [0.2, 0.25) is 0 Å². The first-order valence-electron chi connectivity index (χ1n) is 16.2. The Hall–Kier alpha value is -5.50. The van der Waals surface area contributed by atoms with E-state index in [9.17, 15) is 14.0 Å². The zero-order chi connectivity index (χ0) is 34.2. The molecule has 0 bridgehead atoms. The second kappa shape index (κ2) is 13.2. The fourth-order valence-electron chi connectivity index (χ4n) is 6.46. The van der Waals surface area contributed by atoms with Crippen LogP contribution >= 0.6 is 0 Å². The Kier molecular flexibility index (Phi) is 8.63. The molecule has 2 aliphatic rings. The average molecular weight is 667 g/mol. The van der Waals surface area contributed by atoms with Gasteiger partial charge in [-0.1, -0.05) is 12.1 Å². The Morgan fingerprint density at radius 3 is 2.33 bits per heavy atom. The number of rotatable bonds is 8. The third-order valence-corrected chi connectivity index (χ3v) is 8.89. The van der Waals surface area contributed by atoms with Gasteiger partial charge < -0.3 is 14.8 Å². The molecule has 2 aromatic carbocycles. The van der Waals surface area contributed by atoms with E-state index in [4.69, 9.17) is 0 Å². The molecule has 3 aromatic heterocycles. The Balaban J connectivity index is 0.967. The van der Waals surface area contributed by atoms with Crippen molar-refractivity contribution in [3.63, 3.8) is 0 Å². The van der Waals surface area contributed by atoms with E-state index < -0.39 is 11.6 Å². The highest BCUT2D eigenvalue weighted by atomic mass is 19.1. The summed E-state index contributed by atoms with van der Waals surface area (Å²) in [6.07, 6.45) is 3.14. The summed E-state index contributed by atoms with van der Waals surface area (Å²) in [4.78, 5) is 47.2. The molecule has 0 unspecified atom stereocenters. The Bertz CT molecular complexity index is 2020. The standard InChI is InChI=1S/C35H36F2N10O2/c1-21(2)47-22(3)40-33-27(36)16-24(17-29(33)47)32-28(37)19-39-34(43-32)41-30-9-8-26(18-38-30)45-14-12-44(13-15-45)20-23-4-6-25(7-5-23)46-11-10-31(48)42-35(46)49/h4-9,16-19,21H,10-15,20H2,1-3H3,(H,42,48,49)(H,38,39,41,43). The number of urea groups is 1. The maximum absolute atomic E-state index is 15.1. The third-order valence-electron chi connectivity index (χ3n) is 8.89. The van der Waals surface area contributed by atoms with Crippen LogP contribution in [0.15, 0.2) is 60.9 Å². The van der Waals surface area contributed by atoms with E-state index in [1.54, 1.807) is 17.2 Å². The van der Waals surface area contributed by atoms with Gasteiger partial charge in [0.05, 0.1) is 23.6 Å². The topological polar surface area (TPSA) is 124 Å². The van der Waals surface area contributed by atoms with E-state index in [-0.39, 0.29) is 35.1 Å². The van der Waals surface area contributed by atoms with Gasteiger partial charge in [0.15, 0.2) is 11.6 Å².